The number of carbonyl (C=O) groups is 1. The Bertz CT molecular complexity index is 593. The molecule has 0 atom stereocenters. The van der Waals surface area contributed by atoms with Crippen molar-refractivity contribution in [3.63, 3.8) is 0 Å². The van der Waals surface area contributed by atoms with Gasteiger partial charge in [-0.15, -0.1) is 0 Å². The molecule has 0 spiro atoms. The number of amides is 1. The van der Waals surface area contributed by atoms with Gasteiger partial charge in [-0.3, -0.25) is 4.79 Å². The molecule has 0 aromatic heterocycles. The molecular formula is C19H26ClN2O+. The predicted octanol–water partition coefficient (Wildman–Crippen LogP) is 3.12. The Morgan fingerprint density at radius 3 is 2.43 bits per heavy atom. The van der Waals surface area contributed by atoms with Crippen LogP contribution >= 0.6 is 11.6 Å². The molecule has 1 aromatic rings. The quantitative estimate of drug-likeness (QED) is 0.873. The Morgan fingerprint density at radius 2 is 1.83 bits per heavy atom. The standard InChI is InChI=1S/C19H25ClN2O/c1-12-16(20)3-2-4-17(12)22-18(23)11-21-19-8-13-5-14(9-19)7-15(6-13)10-19/h2-4,13-15,21H,5-11H2,1H3,(H,22,23)/p+1. The molecule has 4 saturated carbocycles. The highest BCUT2D eigenvalue weighted by Crippen LogP contribution is 2.54. The van der Waals surface area contributed by atoms with Crippen molar-refractivity contribution < 1.29 is 10.1 Å². The summed E-state index contributed by atoms with van der Waals surface area (Å²) in [5.74, 6) is 2.87. The van der Waals surface area contributed by atoms with Crippen molar-refractivity contribution in [1.29, 1.82) is 0 Å². The highest BCUT2D eigenvalue weighted by Gasteiger charge is 2.53. The molecule has 4 aliphatic rings. The second-order valence-corrected chi connectivity index (χ2v) is 8.56. The topological polar surface area (TPSA) is 45.7 Å². The average Bonchev–Trinajstić information content (AvgIpc) is 2.49. The Hall–Kier alpha value is -1.06. The molecule has 4 aliphatic carbocycles. The maximum absolute atomic E-state index is 12.4. The lowest BCUT2D eigenvalue weighted by Crippen LogP contribution is -3.00. The average molecular weight is 334 g/mol. The van der Waals surface area contributed by atoms with E-state index in [0.717, 1.165) is 29.0 Å². The zero-order valence-electron chi connectivity index (χ0n) is 13.8. The maximum atomic E-state index is 12.4. The fourth-order valence-corrected chi connectivity index (χ4v) is 5.86. The number of nitrogens with one attached hydrogen (secondary N) is 1. The fourth-order valence-electron chi connectivity index (χ4n) is 5.68. The van der Waals surface area contributed by atoms with Crippen LogP contribution in [0.1, 0.15) is 44.1 Å². The number of anilines is 1. The third kappa shape index (κ3) is 3.01. The molecule has 0 unspecified atom stereocenters. The van der Waals surface area contributed by atoms with Gasteiger partial charge in [0.1, 0.15) is 0 Å². The molecular weight excluding hydrogens is 308 g/mol. The Kier molecular flexibility index (Phi) is 3.89. The summed E-state index contributed by atoms with van der Waals surface area (Å²) < 4.78 is 0. The van der Waals surface area contributed by atoms with Gasteiger partial charge in [0.15, 0.2) is 6.54 Å². The molecule has 4 fully saturated rings. The zero-order valence-corrected chi connectivity index (χ0v) is 14.5. The number of quaternary nitrogens is 1. The van der Waals surface area contributed by atoms with Gasteiger partial charge in [0.2, 0.25) is 0 Å². The number of rotatable bonds is 4. The first-order valence-corrected chi connectivity index (χ1v) is 9.30. The summed E-state index contributed by atoms with van der Waals surface area (Å²) in [4.78, 5) is 12.4. The van der Waals surface area contributed by atoms with Crippen LogP contribution in [0.2, 0.25) is 5.02 Å². The minimum atomic E-state index is 0.0890. The van der Waals surface area contributed by atoms with E-state index in [4.69, 9.17) is 11.6 Å². The molecule has 5 rings (SSSR count). The van der Waals surface area contributed by atoms with Crippen molar-refractivity contribution in [3.8, 4) is 0 Å². The summed E-state index contributed by atoms with van der Waals surface area (Å²) in [7, 11) is 0. The van der Waals surface area contributed by atoms with Crippen molar-refractivity contribution in [2.24, 2.45) is 17.8 Å². The van der Waals surface area contributed by atoms with E-state index in [1.54, 1.807) is 0 Å². The van der Waals surface area contributed by atoms with Gasteiger partial charge >= 0.3 is 0 Å². The Morgan fingerprint density at radius 1 is 1.22 bits per heavy atom. The number of carbonyl (C=O) groups excluding carboxylic acids is 1. The largest absolute Gasteiger partial charge is 0.334 e. The van der Waals surface area contributed by atoms with E-state index >= 15 is 0 Å². The summed E-state index contributed by atoms with van der Waals surface area (Å²) in [5.41, 5.74) is 2.13. The number of hydrogen-bond donors (Lipinski definition) is 2. The van der Waals surface area contributed by atoms with E-state index < -0.39 is 0 Å². The molecule has 4 bridgehead atoms. The molecule has 3 N–H and O–H groups in total. The van der Waals surface area contributed by atoms with Gasteiger partial charge < -0.3 is 10.6 Å². The van der Waals surface area contributed by atoms with Crippen molar-refractivity contribution >= 4 is 23.2 Å². The molecule has 124 valence electrons. The van der Waals surface area contributed by atoms with E-state index in [1.165, 1.54) is 38.5 Å². The van der Waals surface area contributed by atoms with Crippen LogP contribution in [0.15, 0.2) is 18.2 Å². The van der Waals surface area contributed by atoms with Gasteiger partial charge in [-0.25, -0.2) is 0 Å². The third-order valence-electron chi connectivity index (χ3n) is 6.35. The Balaban J connectivity index is 1.37. The van der Waals surface area contributed by atoms with Crippen LogP contribution in [-0.2, 0) is 4.79 Å². The van der Waals surface area contributed by atoms with Gasteiger partial charge in [-0.2, -0.15) is 0 Å². The van der Waals surface area contributed by atoms with E-state index in [-0.39, 0.29) is 5.91 Å². The van der Waals surface area contributed by atoms with Crippen LogP contribution in [0.25, 0.3) is 0 Å². The molecule has 0 saturated heterocycles. The molecule has 23 heavy (non-hydrogen) atoms. The Labute approximate surface area is 143 Å². The highest BCUT2D eigenvalue weighted by atomic mass is 35.5. The number of benzene rings is 1. The molecule has 1 amide bonds. The summed E-state index contributed by atoms with van der Waals surface area (Å²) in [6, 6.07) is 5.66. The van der Waals surface area contributed by atoms with Crippen LogP contribution in [0.3, 0.4) is 0 Å². The highest BCUT2D eigenvalue weighted by molar-refractivity contribution is 6.31. The van der Waals surface area contributed by atoms with E-state index in [1.807, 2.05) is 25.1 Å². The number of hydrogen-bond acceptors (Lipinski definition) is 1. The number of nitrogens with two attached hydrogens (primary N) is 1. The summed E-state index contributed by atoms with van der Waals surface area (Å²) in [5, 5.41) is 6.08. The van der Waals surface area contributed by atoms with E-state index in [2.05, 4.69) is 10.6 Å². The molecule has 0 radical (unpaired) electrons. The minimum absolute atomic E-state index is 0.0890. The first-order chi connectivity index (χ1) is 11.0. The monoisotopic (exact) mass is 333 g/mol. The van der Waals surface area contributed by atoms with Gasteiger partial charge in [-0.05, 0) is 61.6 Å². The molecule has 3 nitrogen and oxygen atoms in total. The summed E-state index contributed by atoms with van der Waals surface area (Å²) in [6.07, 6.45) is 8.30. The number of halogens is 1. The smallest absolute Gasteiger partial charge is 0.279 e. The second-order valence-electron chi connectivity index (χ2n) is 8.15. The van der Waals surface area contributed by atoms with Gasteiger partial charge in [0, 0.05) is 30.0 Å². The third-order valence-corrected chi connectivity index (χ3v) is 6.76. The summed E-state index contributed by atoms with van der Waals surface area (Å²) in [6.45, 7) is 2.47. The van der Waals surface area contributed by atoms with Crippen LogP contribution in [0, 0.1) is 24.7 Å². The van der Waals surface area contributed by atoms with Crippen LogP contribution < -0.4 is 10.6 Å². The van der Waals surface area contributed by atoms with E-state index in [0.29, 0.717) is 17.1 Å². The zero-order chi connectivity index (χ0) is 16.0. The van der Waals surface area contributed by atoms with Crippen LogP contribution in [0.4, 0.5) is 5.69 Å². The fraction of sp³-hybridized carbons (Fsp3) is 0.632. The molecule has 4 heteroatoms. The first kappa shape index (κ1) is 15.5. The lowest BCUT2D eigenvalue weighted by Gasteiger charge is -2.54. The first-order valence-electron chi connectivity index (χ1n) is 8.92. The lowest BCUT2D eigenvalue weighted by atomic mass is 9.53. The van der Waals surface area contributed by atoms with Crippen molar-refractivity contribution in [2.75, 3.05) is 11.9 Å². The summed E-state index contributed by atoms with van der Waals surface area (Å²) >= 11 is 6.13. The lowest BCUT2D eigenvalue weighted by molar-refractivity contribution is -0.729. The van der Waals surface area contributed by atoms with Crippen LogP contribution in [0.5, 0.6) is 0 Å². The molecule has 0 aliphatic heterocycles. The normalized spacial score (nSPS) is 34.6. The minimum Gasteiger partial charge on any atom is -0.334 e. The van der Waals surface area contributed by atoms with Crippen molar-refractivity contribution in [3.05, 3.63) is 28.8 Å². The predicted molar refractivity (Wildman–Crippen MR) is 92.5 cm³/mol. The van der Waals surface area contributed by atoms with Gasteiger partial charge in [0.05, 0.1) is 5.54 Å². The second kappa shape index (κ2) is 5.78. The molecule has 1 aromatic carbocycles. The van der Waals surface area contributed by atoms with Crippen molar-refractivity contribution in [1.82, 2.24) is 0 Å². The SMILES string of the molecule is Cc1c(Cl)cccc1NC(=O)C[NH2+]C12CC3CC(CC(C3)C1)C2. The van der Waals surface area contributed by atoms with Gasteiger partial charge in [-0.1, -0.05) is 17.7 Å². The van der Waals surface area contributed by atoms with Crippen LogP contribution in [-0.4, -0.2) is 18.0 Å². The molecule has 0 heterocycles. The van der Waals surface area contributed by atoms with Crippen molar-refractivity contribution in [2.45, 2.75) is 51.0 Å². The van der Waals surface area contributed by atoms with Gasteiger partial charge in [0.25, 0.3) is 5.91 Å². The van der Waals surface area contributed by atoms with E-state index in [9.17, 15) is 4.79 Å². The maximum Gasteiger partial charge on any atom is 0.279 e.